The van der Waals surface area contributed by atoms with Crippen molar-refractivity contribution in [1.29, 1.82) is 0 Å². The first-order valence-electron chi connectivity index (χ1n) is 10.8. The highest BCUT2D eigenvalue weighted by molar-refractivity contribution is 6.89. The standard InChI is InChI=1S/C23H31NSi/c1-25(2,3)23-16-24-22(19-7-5-4-6-8-19)15-21(23)14-20-13-17-9-11-18(20)12-10-17/h4-8,15-18,20H,9-14H2,1-3H3/i14D2. The van der Waals surface area contributed by atoms with E-state index in [1.807, 2.05) is 24.4 Å². The first kappa shape index (κ1) is 14.7. The van der Waals surface area contributed by atoms with Crippen LogP contribution in [0, 0.1) is 17.8 Å². The fraction of sp³-hybridized carbons (Fsp3) is 0.522. The second-order valence-electron chi connectivity index (χ2n) is 9.00. The molecule has 0 amide bonds. The van der Waals surface area contributed by atoms with Crippen LogP contribution >= 0.6 is 0 Å². The summed E-state index contributed by atoms with van der Waals surface area (Å²) in [6, 6.07) is 12.3. The summed E-state index contributed by atoms with van der Waals surface area (Å²) in [4.78, 5) is 4.75. The maximum Gasteiger partial charge on any atom is 0.0799 e. The van der Waals surface area contributed by atoms with Gasteiger partial charge in [-0.2, -0.15) is 0 Å². The Kier molecular flexibility index (Phi) is 3.96. The van der Waals surface area contributed by atoms with Crippen molar-refractivity contribution in [3.8, 4) is 11.3 Å². The highest BCUT2D eigenvalue weighted by Crippen LogP contribution is 2.46. The second kappa shape index (κ2) is 6.72. The second-order valence-corrected chi connectivity index (χ2v) is 14.0. The Hall–Kier alpha value is -1.41. The minimum Gasteiger partial charge on any atom is -0.256 e. The van der Waals surface area contributed by atoms with Gasteiger partial charge >= 0.3 is 0 Å². The molecule has 1 aromatic carbocycles. The van der Waals surface area contributed by atoms with Crippen molar-refractivity contribution in [2.24, 2.45) is 17.8 Å². The number of fused-ring (bicyclic) bond motifs is 3. The number of rotatable bonds is 4. The molecule has 2 aromatic rings. The van der Waals surface area contributed by atoms with Gasteiger partial charge in [-0.1, -0.05) is 62.8 Å². The Morgan fingerprint density at radius 3 is 2.40 bits per heavy atom. The fourth-order valence-electron chi connectivity index (χ4n) is 4.69. The summed E-state index contributed by atoms with van der Waals surface area (Å²) in [5.74, 6) is 1.44. The third-order valence-electron chi connectivity index (χ3n) is 6.17. The SMILES string of the molecule is [2H]C([2H])(c1cc(-c2ccccc2)ncc1[Si](C)(C)C)C1CC2CCC1CC2. The molecule has 2 bridgehead atoms. The zero-order chi connectivity index (χ0) is 19.2. The Morgan fingerprint density at radius 2 is 1.80 bits per heavy atom. The molecule has 1 nitrogen and oxygen atoms in total. The molecule has 1 aromatic heterocycles. The van der Waals surface area contributed by atoms with E-state index in [2.05, 4.69) is 37.8 Å². The van der Waals surface area contributed by atoms with E-state index in [1.165, 1.54) is 30.9 Å². The minimum atomic E-state index is -1.70. The van der Waals surface area contributed by atoms with E-state index in [0.717, 1.165) is 29.2 Å². The van der Waals surface area contributed by atoms with Crippen LogP contribution in [0.25, 0.3) is 11.3 Å². The summed E-state index contributed by atoms with van der Waals surface area (Å²) in [6.07, 6.45) is 6.83. The fourth-order valence-corrected chi connectivity index (χ4v) is 6.10. The quantitative estimate of drug-likeness (QED) is 0.647. The molecule has 3 aliphatic carbocycles. The highest BCUT2D eigenvalue weighted by atomic mass is 28.3. The molecule has 0 saturated heterocycles. The summed E-state index contributed by atoms with van der Waals surface area (Å²) >= 11 is 0. The molecule has 1 atom stereocenters. The number of aromatic nitrogens is 1. The number of hydrogen-bond donors (Lipinski definition) is 0. The van der Waals surface area contributed by atoms with Crippen molar-refractivity contribution >= 4 is 13.3 Å². The van der Waals surface area contributed by atoms with Crippen LogP contribution in [0.2, 0.25) is 19.6 Å². The molecule has 1 unspecified atom stereocenters. The van der Waals surface area contributed by atoms with Gasteiger partial charge in [-0.15, -0.1) is 0 Å². The summed E-state index contributed by atoms with van der Waals surface area (Å²) in [5.41, 5.74) is 2.90. The zero-order valence-electron chi connectivity index (χ0n) is 17.8. The van der Waals surface area contributed by atoms with Crippen LogP contribution in [0.5, 0.6) is 0 Å². The van der Waals surface area contributed by atoms with E-state index in [-0.39, 0.29) is 5.92 Å². The van der Waals surface area contributed by atoms with Gasteiger partial charge in [0.2, 0.25) is 0 Å². The van der Waals surface area contributed by atoms with Crippen LogP contribution in [0.4, 0.5) is 0 Å². The van der Waals surface area contributed by atoms with Crippen LogP contribution in [-0.4, -0.2) is 13.1 Å². The molecule has 5 rings (SSSR count). The lowest BCUT2D eigenvalue weighted by Crippen LogP contribution is -2.42. The van der Waals surface area contributed by atoms with Crippen LogP contribution < -0.4 is 5.19 Å². The van der Waals surface area contributed by atoms with Crippen LogP contribution in [-0.2, 0) is 6.37 Å². The number of hydrogen-bond acceptors (Lipinski definition) is 1. The van der Waals surface area contributed by atoms with Gasteiger partial charge in [0, 0.05) is 14.5 Å². The van der Waals surface area contributed by atoms with Gasteiger partial charge in [-0.3, -0.25) is 4.98 Å². The van der Waals surface area contributed by atoms with Crippen molar-refractivity contribution in [3.05, 3.63) is 48.2 Å². The molecular weight excluding hydrogens is 318 g/mol. The van der Waals surface area contributed by atoms with E-state index >= 15 is 0 Å². The molecule has 3 aliphatic rings. The predicted octanol–water partition coefficient (Wildman–Crippen LogP) is 5.66. The maximum absolute atomic E-state index is 9.26. The zero-order valence-corrected chi connectivity index (χ0v) is 16.8. The Morgan fingerprint density at radius 1 is 1.08 bits per heavy atom. The summed E-state index contributed by atoms with van der Waals surface area (Å²) < 4.78 is 18.5. The monoisotopic (exact) mass is 351 g/mol. The Labute approximate surface area is 156 Å². The number of nitrogens with zero attached hydrogens (tertiary/aromatic N) is 1. The minimum absolute atomic E-state index is 0.158. The lowest BCUT2D eigenvalue weighted by atomic mass is 9.63. The third-order valence-corrected chi connectivity index (χ3v) is 8.18. The molecule has 0 radical (unpaired) electrons. The lowest BCUT2D eigenvalue weighted by molar-refractivity contribution is 0.0992. The van der Waals surface area contributed by atoms with Gasteiger partial charge < -0.3 is 0 Å². The first-order chi connectivity index (χ1) is 12.8. The molecule has 3 fully saturated rings. The van der Waals surface area contributed by atoms with Crippen molar-refractivity contribution in [2.45, 2.75) is 58.1 Å². The van der Waals surface area contributed by atoms with Gasteiger partial charge in [0.25, 0.3) is 0 Å². The van der Waals surface area contributed by atoms with E-state index in [4.69, 9.17) is 4.98 Å². The third kappa shape index (κ3) is 3.60. The normalized spacial score (nSPS) is 27.7. The van der Waals surface area contributed by atoms with Crippen molar-refractivity contribution in [1.82, 2.24) is 4.98 Å². The topological polar surface area (TPSA) is 12.9 Å². The van der Waals surface area contributed by atoms with Crippen LogP contribution in [0.3, 0.4) is 0 Å². The van der Waals surface area contributed by atoms with Gasteiger partial charge in [-0.05, 0) is 60.2 Å². The van der Waals surface area contributed by atoms with E-state index in [9.17, 15) is 2.74 Å². The Balaban J connectivity index is 1.81. The Bertz CT molecular complexity index is 805. The smallest absolute Gasteiger partial charge is 0.0799 e. The van der Waals surface area contributed by atoms with Gasteiger partial charge in [0.15, 0.2) is 0 Å². The van der Waals surface area contributed by atoms with Gasteiger partial charge in [-0.25, -0.2) is 0 Å². The van der Waals surface area contributed by atoms with Crippen molar-refractivity contribution in [2.75, 3.05) is 0 Å². The summed E-state index contributed by atoms with van der Waals surface area (Å²) in [5, 5.41) is 1.19. The molecule has 0 N–H and O–H groups in total. The summed E-state index contributed by atoms with van der Waals surface area (Å²) in [7, 11) is -1.70. The van der Waals surface area contributed by atoms with Crippen LogP contribution in [0.15, 0.2) is 42.6 Å². The van der Waals surface area contributed by atoms with E-state index < -0.39 is 14.4 Å². The molecule has 2 heteroatoms. The molecule has 132 valence electrons. The lowest BCUT2D eigenvalue weighted by Gasteiger charge is -2.43. The molecule has 0 spiro atoms. The summed E-state index contributed by atoms with van der Waals surface area (Å²) in [6.45, 7) is 6.91. The molecular formula is C23H31NSi. The molecule has 0 aliphatic heterocycles. The number of pyridine rings is 1. The average Bonchev–Trinajstić information content (AvgIpc) is 2.68. The first-order valence-corrected chi connectivity index (χ1v) is 13.3. The highest BCUT2D eigenvalue weighted by Gasteiger charge is 2.36. The molecule has 1 heterocycles. The van der Waals surface area contributed by atoms with Crippen LogP contribution in [0.1, 0.15) is 40.4 Å². The van der Waals surface area contributed by atoms with Gasteiger partial charge in [0.1, 0.15) is 0 Å². The van der Waals surface area contributed by atoms with E-state index in [0.29, 0.717) is 5.92 Å². The van der Waals surface area contributed by atoms with E-state index in [1.54, 1.807) is 0 Å². The number of benzene rings is 1. The van der Waals surface area contributed by atoms with Gasteiger partial charge in [0.05, 0.1) is 13.8 Å². The average molecular weight is 352 g/mol. The molecule has 25 heavy (non-hydrogen) atoms. The predicted molar refractivity (Wildman–Crippen MR) is 110 cm³/mol. The molecule has 3 saturated carbocycles. The van der Waals surface area contributed by atoms with Crippen molar-refractivity contribution < 1.29 is 2.74 Å². The largest absolute Gasteiger partial charge is 0.256 e. The van der Waals surface area contributed by atoms with Crippen molar-refractivity contribution in [3.63, 3.8) is 0 Å². The maximum atomic E-state index is 9.26.